The van der Waals surface area contributed by atoms with Gasteiger partial charge in [0.25, 0.3) is 6.43 Å². The number of esters is 1. The number of carbonyl (C=O) groups is 1. The fraction of sp³-hybridized carbons (Fsp3) is 0.333. The topological polar surface area (TPSA) is 39.2 Å². The van der Waals surface area contributed by atoms with Gasteiger partial charge in [0.1, 0.15) is 5.15 Å². The number of pyridine rings is 1. The summed E-state index contributed by atoms with van der Waals surface area (Å²) >= 11 is 7.41. The van der Waals surface area contributed by atoms with Gasteiger partial charge >= 0.3 is 5.97 Å². The first-order valence-electron chi connectivity index (χ1n) is 4.15. The molecule has 0 N–H and O–H groups in total. The van der Waals surface area contributed by atoms with E-state index in [9.17, 15) is 13.6 Å². The second-order valence-corrected chi connectivity index (χ2v) is 4.36. The van der Waals surface area contributed by atoms with Gasteiger partial charge in [-0.25, -0.2) is 13.8 Å². The van der Waals surface area contributed by atoms with Crippen LogP contribution in [0.3, 0.4) is 0 Å². The van der Waals surface area contributed by atoms with Crippen molar-refractivity contribution in [1.29, 1.82) is 0 Å². The molecule has 16 heavy (non-hydrogen) atoms. The summed E-state index contributed by atoms with van der Waals surface area (Å²) in [7, 11) is 1.18. The van der Waals surface area contributed by atoms with Crippen molar-refractivity contribution >= 4 is 40.2 Å². The van der Waals surface area contributed by atoms with Gasteiger partial charge in [-0.05, 0) is 22.6 Å². The molecular weight excluding hydrogens is 354 g/mol. The zero-order valence-electron chi connectivity index (χ0n) is 8.14. The lowest BCUT2D eigenvalue weighted by atomic mass is 10.1. The number of hydrogen-bond acceptors (Lipinski definition) is 3. The number of nitrogens with zero attached hydrogens (tertiary/aromatic N) is 1. The lowest BCUT2D eigenvalue weighted by Crippen LogP contribution is -2.10. The molecule has 1 heterocycles. The molecule has 0 fully saturated rings. The number of aromatic nitrogens is 1. The van der Waals surface area contributed by atoms with E-state index in [1.165, 1.54) is 13.3 Å². The highest BCUT2D eigenvalue weighted by molar-refractivity contribution is 14.1. The van der Waals surface area contributed by atoms with Crippen LogP contribution >= 0.6 is 34.2 Å². The average Bonchev–Trinajstić information content (AvgIpc) is 2.22. The Balaban J connectivity index is 3.23. The molecule has 1 rings (SSSR count). The van der Waals surface area contributed by atoms with Crippen molar-refractivity contribution < 1.29 is 18.3 Å². The molecule has 0 bridgehead atoms. The highest BCUT2D eigenvalue weighted by Crippen LogP contribution is 2.31. The summed E-state index contributed by atoms with van der Waals surface area (Å²) < 4.78 is 30.2. The van der Waals surface area contributed by atoms with Crippen LogP contribution in [0.5, 0.6) is 0 Å². The molecule has 88 valence electrons. The Morgan fingerprint density at radius 3 is 2.81 bits per heavy atom. The van der Waals surface area contributed by atoms with Crippen LogP contribution in [-0.4, -0.2) is 18.1 Å². The number of halogens is 4. The molecule has 0 aliphatic heterocycles. The smallest absolute Gasteiger partial charge is 0.310 e. The Morgan fingerprint density at radius 1 is 1.69 bits per heavy atom. The molecule has 0 aromatic carbocycles. The van der Waals surface area contributed by atoms with Gasteiger partial charge in [0, 0.05) is 20.9 Å². The maximum absolute atomic E-state index is 12.8. The molecule has 1 aromatic heterocycles. The largest absolute Gasteiger partial charge is 0.469 e. The van der Waals surface area contributed by atoms with Crippen LogP contribution in [0.4, 0.5) is 8.78 Å². The van der Waals surface area contributed by atoms with E-state index >= 15 is 0 Å². The number of rotatable bonds is 3. The van der Waals surface area contributed by atoms with E-state index in [0.29, 0.717) is 0 Å². The summed E-state index contributed by atoms with van der Waals surface area (Å²) in [5, 5.41) is -0.0962. The van der Waals surface area contributed by atoms with Gasteiger partial charge in [0.15, 0.2) is 0 Å². The van der Waals surface area contributed by atoms with Gasteiger partial charge in [-0.3, -0.25) is 4.79 Å². The number of carbonyl (C=O) groups excluding carboxylic acids is 1. The normalized spacial score (nSPS) is 10.6. The zero-order chi connectivity index (χ0) is 12.3. The molecular formula is C9H7ClF2INO2. The number of alkyl halides is 2. The Bertz CT molecular complexity index is 415. The monoisotopic (exact) mass is 361 g/mol. The maximum Gasteiger partial charge on any atom is 0.310 e. The lowest BCUT2D eigenvalue weighted by molar-refractivity contribution is -0.139. The fourth-order valence-electron chi connectivity index (χ4n) is 1.14. The molecule has 0 unspecified atom stereocenters. The van der Waals surface area contributed by atoms with Crippen molar-refractivity contribution in [3.63, 3.8) is 0 Å². The van der Waals surface area contributed by atoms with Gasteiger partial charge in [0.2, 0.25) is 0 Å². The zero-order valence-corrected chi connectivity index (χ0v) is 11.1. The van der Waals surface area contributed by atoms with E-state index < -0.39 is 12.4 Å². The van der Waals surface area contributed by atoms with Crippen LogP contribution in [0, 0.1) is 3.57 Å². The molecule has 0 aliphatic rings. The van der Waals surface area contributed by atoms with Gasteiger partial charge in [-0.1, -0.05) is 11.6 Å². The van der Waals surface area contributed by atoms with Crippen molar-refractivity contribution in [3.05, 3.63) is 26.0 Å². The van der Waals surface area contributed by atoms with Crippen LogP contribution in [0.1, 0.15) is 17.6 Å². The maximum atomic E-state index is 12.8. The summed E-state index contributed by atoms with van der Waals surface area (Å²) in [6.45, 7) is 0. The minimum absolute atomic E-state index is 0.0235. The first-order chi connectivity index (χ1) is 7.47. The van der Waals surface area contributed by atoms with E-state index in [2.05, 4.69) is 9.72 Å². The standard InChI is InChI=1S/C9H7ClF2INO2/c1-16-6(15)2-4-7(9(11)12)5(13)3-14-8(4)10/h3,9H,2H2,1H3. The number of ether oxygens (including phenoxy) is 1. The van der Waals surface area contributed by atoms with Crippen LogP contribution in [0.15, 0.2) is 6.20 Å². The molecule has 0 aliphatic carbocycles. The van der Waals surface area contributed by atoms with Crippen LogP contribution in [-0.2, 0) is 16.0 Å². The molecule has 0 amide bonds. The Kier molecular flexibility index (Phi) is 4.85. The van der Waals surface area contributed by atoms with Crippen LogP contribution in [0.2, 0.25) is 5.15 Å². The summed E-state index contributed by atoms with van der Waals surface area (Å²) in [5.41, 5.74) is -0.235. The van der Waals surface area contributed by atoms with Gasteiger partial charge in [-0.2, -0.15) is 0 Å². The fourth-order valence-corrected chi connectivity index (χ4v) is 2.05. The third-order valence-electron chi connectivity index (χ3n) is 1.89. The predicted octanol–water partition coefficient (Wildman–Crippen LogP) is 2.99. The minimum atomic E-state index is -2.70. The molecule has 0 atom stereocenters. The van der Waals surface area contributed by atoms with Crippen LogP contribution in [0.25, 0.3) is 0 Å². The van der Waals surface area contributed by atoms with Crippen molar-refractivity contribution in [1.82, 2.24) is 4.98 Å². The Hall–Kier alpha value is -0.500. The van der Waals surface area contributed by atoms with Crippen LogP contribution < -0.4 is 0 Å². The molecule has 1 aromatic rings. The van der Waals surface area contributed by atoms with E-state index in [1.807, 2.05) is 0 Å². The minimum Gasteiger partial charge on any atom is -0.469 e. The van der Waals surface area contributed by atoms with E-state index in [0.717, 1.165) is 0 Å². The van der Waals surface area contributed by atoms with E-state index in [1.54, 1.807) is 22.6 Å². The van der Waals surface area contributed by atoms with Gasteiger partial charge < -0.3 is 4.74 Å². The highest BCUT2D eigenvalue weighted by Gasteiger charge is 2.22. The summed E-state index contributed by atoms with van der Waals surface area (Å²) in [4.78, 5) is 14.8. The predicted molar refractivity (Wildman–Crippen MR) is 62.6 cm³/mol. The average molecular weight is 362 g/mol. The Morgan fingerprint density at radius 2 is 2.31 bits per heavy atom. The molecule has 0 radical (unpaired) electrons. The van der Waals surface area contributed by atoms with E-state index in [4.69, 9.17) is 11.6 Å². The van der Waals surface area contributed by atoms with Gasteiger partial charge in [0.05, 0.1) is 13.5 Å². The van der Waals surface area contributed by atoms with E-state index in [-0.39, 0.29) is 26.3 Å². The second kappa shape index (κ2) is 5.72. The lowest BCUT2D eigenvalue weighted by Gasteiger charge is -2.11. The first kappa shape index (κ1) is 13.6. The van der Waals surface area contributed by atoms with Crippen molar-refractivity contribution in [2.75, 3.05) is 7.11 Å². The first-order valence-corrected chi connectivity index (χ1v) is 5.60. The summed E-state index contributed by atoms with van der Waals surface area (Å²) in [6, 6.07) is 0. The molecule has 7 heteroatoms. The molecule has 0 saturated carbocycles. The molecule has 3 nitrogen and oxygen atoms in total. The third-order valence-corrected chi connectivity index (χ3v) is 3.08. The van der Waals surface area contributed by atoms with Crippen molar-refractivity contribution in [2.45, 2.75) is 12.8 Å². The summed E-state index contributed by atoms with van der Waals surface area (Å²) in [5.74, 6) is -0.632. The second-order valence-electron chi connectivity index (χ2n) is 2.84. The number of methoxy groups -OCH3 is 1. The number of hydrogen-bond donors (Lipinski definition) is 0. The van der Waals surface area contributed by atoms with Crippen molar-refractivity contribution in [3.8, 4) is 0 Å². The third kappa shape index (κ3) is 3.00. The molecule has 0 spiro atoms. The SMILES string of the molecule is COC(=O)Cc1c(Cl)ncc(I)c1C(F)F. The van der Waals surface area contributed by atoms with Gasteiger partial charge in [-0.15, -0.1) is 0 Å². The molecule has 0 saturated heterocycles. The summed E-state index contributed by atoms with van der Waals surface area (Å²) in [6.07, 6.45) is -1.77. The quantitative estimate of drug-likeness (QED) is 0.472. The van der Waals surface area contributed by atoms with Crippen molar-refractivity contribution in [2.24, 2.45) is 0 Å². The Labute approximate surface area is 109 Å². The highest BCUT2D eigenvalue weighted by atomic mass is 127.